The summed E-state index contributed by atoms with van der Waals surface area (Å²) in [5.74, 6) is 1.15. The smallest absolute Gasteiger partial charge is 0.222 e. The summed E-state index contributed by atoms with van der Waals surface area (Å²) in [6.45, 7) is 5.20. The molecule has 1 fully saturated rings. The Morgan fingerprint density at radius 1 is 1.19 bits per heavy atom. The molecule has 1 aromatic rings. The second-order valence-electron chi connectivity index (χ2n) is 6.71. The van der Waals surface area contributed by atoms with E-state index in [0.717, 1.165) is 44.9 Å². The van der Waals surface area contributed by atoms with Gasteiger partial charge in [0.15, 0.2) is 5.96 Å². The van der Waals surface area contributed by atoms with Gasteiger partial charge in [-0.05, 0) is 37.3 Å². The zero-order valence-corrected chi connectivity index (χ0v) is 17.7. The lowest BCUT2D eigenvalue weighted by atomic mass is 10.1. The number of amides is 1. The first-order valence-corrected chi connectivity index (χ1v) is 9.30. The van der Waals surface area contributed by atoms with Crippen LogP contribution in [-0.2, 0) is 17.9 Å². The number of rotatable bonds is 6. The van der Waals surface area contributed by atoms with E-state index in [4.69, 9.17) is 4.99 Å². The van der Waals surface area contributed by atoms with Crippen molar-refractivity contribution in [2.75, 3.05) is 13.1 Å². The molecule has 1 aromatic carbocycles. The predicted octanol–water partition coefficient (Wildman–Crippen LogP) is 3.20. The lowest BCUT2D eigenvalue weighted by Gasteiger charge is -2.17. The SMILES string of the molecule is CCNC(=NCc1ccc(CN2CCCC2=O)cc1)NC1CC=CC1.I. The van der Waals surface area contributed by atoms with Gasteiger partial charge < -0.3 is 15.5 Å². The largest absolute Gasteiger partial charge is 0.357 e. The van der Waals surface area contributed by atoms with Gasteiger partial charge in [-0.25, -0.2) is 4.99 Å². The standard InChI is InChI=1S/C20H28N4O.HI/c1-2-21-20(23-18-6-3-4-7-18)22-14-16-9-11-17(12-10-16)15-24-13-5-8-19(24)25;/h3-4,9-12,18H,2,5-8,13-15H2,1H3,(H2,21,22,23);1H. The number of hydrogen-bond donors (Lipinski definition) is 2. The van der Waals surface area contributed by atoms with Gasteiger partial charge in [-0.3, -0.25) is 4.79 Å². The molecule has 3 rings (SSSR count). The van der Waals surface area contributed by atoms with Crippen molar-refractivity contribution in [3.8, 4) is 0 Å². The number of aliphatic imine (C=N–C) groups is 1. The van der Waals surface area contributed by atoms with Gasteiger partial charge in [0.2, 0.25) is 5.91 Å². The fourth-order valence-electron chi connectivity index (χ4n) is 3.26. The monoisotopic (exact) mass is 468 g/mol. The molecule has 0 atom stereocenters. The van der Waals surface area contributed by atoms with E-state index in [9.17, 15) is 4.79 Å². The third-order valence-electron chi connectivity index (χ3n) is 4.68. The topological polar surface area (TPSA) is 56.7 Å². The molecule has 1 saturated heterocycles. The van der Waals surface area contributed by atoms with E-state index in [-0.39, 0.29) is 29.9 Å². The van der Waals surface area contributed by atoms with Gasteiger partial charge in [0, 0.05) is 32.1 Å². The summed E-state index contributed by atoms with van der Waals surface area (Å²) in [6, 6.07) is 8.90. The van der Waals surface area contributed by atoms with Gasteiger partial charge in [-0.1, -0.05) is 36.4 Å². The van der Waals surface area contributed by atoms with Crippen molar-refractivity contribution < 1.29 is 4.79 Å². The van der Waals surface area contributed by atoms with Crippen molar-refractivity contribution in [1.29, 1.82) is 0 Å². The zero-order valence-electron chi connectivity index (χ0n) is 15.4. The molecule has 2 N–H and O–H groups in total. The van der Waals surface area contributed by atoms with Gasteiger partial charge in [0.05, 0.1) is 6.54 Å². The van der Waals surface area contributed by atoms with E-state index in [2.05, 4.69) is 54.0 Å². The Bertz CT molecular complexity index is 634. The lowest BCUT2D eigenvalue weighted by Crippen LogP contribution is -2.42. The number of nitrogens with zero attached hydrogens (tertiary/aromatic N) is 2. The highest BCUT2D eigenvalue weighted by Gasteiger charge is 2.19. The van der Waals surface area contributed by atoms with Crippen LogP contribution >= 0.6 is 24.0 Å². The summed E-state index contributed by atoms with van der Waals surface area (Å²) in [5, 5.41) is 6.80. The molecule has 0 radical (unpaired) electrons. The lowest BCUT2D eigenvalue weighted by molar-refractivity contribution is -0.128. The van der Waals surface area contributed by atoms with E-state index in [1.165, 1.54) is 11.1 Å². The van der Waals surface area contributed by atoms with Crippen molar-refractivity contribution in [3.63, 3.8) is 0 Å². The van der Waals surface area contributed by atoms with E-state index in [1.54, 1.807) is 0 Å². The maximum absolute atomic E-state index is 11.7. The molecule has 0 spiro atoms. The van der Waals surface area contributed by atoms with Crippen LogP contribution in [0, 0.1) is 0 Å². The first kappa shape index (κ1) is 20.7. The minimum Gasteiger partial charge on any atom is -0.357 e. The number of likely N-dealkylation sites (tertiary alicyclic amines) is 1. The number of guanidine groups is 1. The Morgan fingerprint density at radius 2 is 1.88 bits per heavy atom. The molecule has 5 nitrogen and oxygen atoms in total. The van der Waals surface area contributed by atoms with E-state index < -0.39 is 0 Å². The van der Waals surface area contributed by atoms with Crippen LogP contribution in [0.2, 0.25) is 0 Å². The fraction of sp³-hybridized carbons (Fsp3) is 0.500. The molecule has 2 aliphatic rings. The summed E-state index contributed by atoms with van der Waals surface area (Å²) in [5.41, 5.74) is 2.36. The molecule has 0 aromatic heterocycles. The molecule has 1 amide bonds. The zero-order chi connectivity index (χ0) is 17.5. The third kappa shape index (κ3) is 6.00. The number of benzene rings is 1. The molecule has 0 saturated carbocycles. The summed E-state index contributed by atoms with van der Waals surface area (Å²) in [4.78, 5) is 18.4. The van der Waals surface area contributed by atoms with Gasteiger partial charge in [-0.2, -0.15) is 0 Å². The molecular formula is C20H29IN4O. The average molecular weight is 468 g/mol. The Balaban J connectivity index is 0.00000243. The molecular weight excluding hydrogens is 439 g/mol. The van der Waals surface area contributed by atoms with Gasteiger partial charge in [-0.15, -0.1) is 24.0 Å². The number of carbonyl (C=O) groups excluding carboxylic acids is 1. The number of hydrogen-bond acceptors (Lipinski definition) is 2. The van der Waals surface area contributed by atoms with Gasteiger partial charge in [0.25, 0.3) is 0 Å². The minimum atomic E-state index is 0. The highest BCUT2D eigenvalue weighted by molar-refractivity contribution is 14.0. The van der Waals surface area contributed by atoms with Crippen LogP contribution in [0.4, 0.5) is 0 Å². The average Bonchev–Trinajstić information content (AvgIpc) is 3.27. The van der Waals surface area contributed by atoms with Crippen LogP contribution in [0.25, 0.3) is 0 Å². The predicted molar refractivity (Wildman–Crippen MR) is 117 cm³/mol. The molecule has 0 unspecified atom stereocenters. The van der Waals surface area contributed by atoms with Crippen LogP contribution < -0.4 is 10.6 Å². The van der Waals surface area contributed by atoms with Crippen molar-refractivity contribution in [2.45, 2.75) is 51.7 Å². The van der Waals surface area contributed by atoms with Crippen LogP contribution in [0.1, 0.15) is 43.7 Å². The Morgan fingerprint density at radius 3 is 2.50 bits per heavy atom. The van der Waals surface area contributed by atoms with E-state index in [0.29, 0.717) is 19.0 Å². The van der Waals surface area contributed by atoms with Gasteiger partial charge in [0.1, 0.15) is 0 Å². The van der Waals surface area contributed by atoms with Crippen molar-refractivity contribution >= 4 is 35.8 Å². The van der Waals surface area contributed by atoms with Crippen LogP contribution in [-0.4, -0.2) is 35.9 Å². The van der Waals surface area contributed by atoms with Crippen molar-refractivity contribution in [2.24, 2.45) is 4.99 Å². The second-order valence-corrected chi connectivity index (χ2v) is 6.71. The number of carbonyl (C=O) groups is 1. The highest BCUT2D eigenvalue weighted by atomic mass is 127. The molecule has 26 heavy (non-hydrogen) atoms. The maximum Gasteiger partial charge on any atom is 0.222 e. The molecule has 0 bridgehead atoms. The second kappa shape index (κ2) is 10.5. The normalized spacial score (nSPS) is 17.5. The summed E-state index contributed by atoms with van der Waals surface area (Å²) < 4.78 is 0. The molecule has 6 heteroatoms. The minimum absolute atomic E-state index is 0. The molecule has 1 aliphatic heterocycles. The van der Waals surface area contributed by atoms with E-state index in [1.807, 2.05) is 4.90 Å². The first-order chi connectivity index (χ1) is 12.2. The molecule has 142 valence electrons. The van der Waals surface area contributed by atoms with Crippen LogP contribution in [0.3, 0.4) is 0 Å². The summed E-state index contributed by atoms with van der Waals surface area (Å²) in [6.07, 6.45) is 8.24. The van der Waals surface area contributed by atoms with Crippen molar-refractivity contribution in [3.05, 3.63) is 47.5 Å². The van der Waals surface area contributed by atoms with E-state index >= 15 is 0 Å². The van der Waals surface area contributed by atoms with Crippen molar-refractivity contribution in [1.82, 2.24) is 15.5 Å². The molecule has 1 heterocycles. The van der Waals surface area contributed by atoms with Crippen LogP contribution in [0.5, 0.6) is 0 Å². The highest BCUT2D eigenvalue weighted by Crippen LogP contribution is 2.15. The van der Waals surface area contributed by atoms with Gasteiger partial charge >= 0.3 is 0 Å². The summed E-state index contributed by atoms with van der Waals surface area (Å²) in [7, 11) is 0. The number of halogens is 1. The first-order valence-electron chi connectivity index (χ1n) is 9.30. The van der Waals surface area contributed by atoms with Crippen LogP contribution in [0.15, 0.2) is 41.4 Å². The Kier molecular flexibility index (Phi) is 8.41. The Hall–Kier alpha value is -1.57. The third-order valence-corrected chi connectivity index (χ3v) is 4.68. The number of nitrogens with one attached hydrogen (secondary N) is 2. The Labute approximate surface area is 173 Å². The summed E-state index contributed by atoms with van der Waals surface area (Å²) >= 11 is 0. The maximum atomic E-state index is 11.7. The quantitative estimate of drug-likeness (QED) is 0.292. The fourth-order valence-corrected chi connectivity index (χ4v) is 3.26. The molecule has 1 aliphatic carbocycles.